The van der Waals surface area contributed by atoms with Crippen molar-refractivity contribution in [2.24, 2.45) is 5.92 Å². The van der Waals surface area contributed by atoms with Crippen LogP contribution in [0.25, 0.3) is 0 Å². The average molecular weight is 273 g/mol. The quantitative estimate of drug-likeness (QED) is 0.662. The number of rotatable bonds is 0. The Kier molecular flexibility index (Phi) is 1.99. The van der Waals surface area contributed by atoms with Crippen molar-refractivity contribution in [3.63, 3.8) is 0 Å². The number of hydrogen-bond donors (Lipinski definition) is 3. The van der Waals surface area contributed by atoms with Gasteiger partial charge in [-0.2, -0.15) is 0 Å². The maximum absolute atomic E-state index is 10.5. The van der Waals surface area contributed by atoms with Crippen LogP contribution in [0.5, 0.6) is 11.5 Å². The van der Waals surface area contributed by atoms with Gasteiger partial charge in [0.1, 0.15) is 6.10 Å². The van der Waals surface area contributed by atoms with Crippen molar-refractivity contribution in [3.8, 4) is 11.5 Å². The van der Waals surface area contributed by atoms with E-state index in [4.69, 9.17) is 4.74 Å². The lowest BCUT2D eigenvalue weighted by molar-refractivity contribution is -0.0761. The van der Waals surface area contributed by atoms with Gasteiger partial charge in [-0.1, -0.05) is 6.07 Å². The lowest BCUT2D eigenvalue weighted by Gasteiger charge is -2.56. The van der Waals surface area contributed by atoms with Crippen molar-refractivity contribution >= 4 is 0 Å². The molecule has 1 aromatic rings. The van der Waals surface area contributed by atoms with E-state index in [-0.39, 0.29) is 17.3 Å². The number of aliphatic hydroxyl groups is 1. The Morgan fingerprint density at radius 1 is 1.30 bits per heavy atom. The molecule has 1 spiro atoms. The van der Waals surface area contributed by atoms with Crippen LogP contribution in [0.1, 0.15) is 30.4 Å². The maximum atomic E-state index is 10.5. The minimum absolute atomic E-state index is 0.0742. The topological polar surface area (TPSA) is 61.7 Å². The molecule has 1 saturated carbocycles. The van der Waals surface area contributed by atoms with Gasteiger partial charge in [0.15, 0.2) is 11.5 Å². The van der Waals surface area contributed by atoms with Crippen LogP contribution < -0.4 is 10.1 Å². The first-order valence-corrected chi connectivity index (χ1v) is 7.65. The monoisotopic (exact) mass is 273 g/mol. The Balaban J connectivity index is 1.83. The summed E-state index contributed by atoms with van der Waals surface area (Å²) in [6.45, 7) is 0.974. The van der Waals surface area contributed by atoms with Gasteiger partial charge in [0.25, 0.3) is 0 Å². The van der Waals surface area contributed by atoms with Gasteiger partial charge in [-0.15, -0.1) is 0 Å². The molecule has 0 radical (unpaired) electrons. The first-order valence-electron chi connectivity index (χ1n) is 7.65. The summed E-state index contributed by atoms with van der Waals surface area (Å²) in [5.41, 5.74) is 2.43. The summed E-state index contributed by atoms with van der Waals surface area (Å²) in [5, 5.41) is 24.3. The van der Waals surface area contributed by atoms with Gasteiger partial charge in [0, 0.05) is 17.0 Å². The van der Waals surface area contributed by atoms with Crippen molar-refractivity contribution < 1.29 is 14.9 Å². The highest BCUT2D eigenvalue weighted by Crippen LogP contribution is 2.62. The Bertz CT molecular complexity index is 602. The van der Waals surface area contributed by atoms with Gasteiger partial charge in [-0.05, 0) is 49.8 Å². The summed E-state index contributed by atoms with van der Waals surface area (Å²) < 4.78 is 6.09. The lowest BCUT2D eigenvalue weighted by Crippen LogP contribution is -2.66. The summed E-state index contributed by atoms with van der Waals surface area (Å²) in [6, 6.07) is 4.27. The van der Waals surface area contributed by atoms with E-state index in [9.17, 15) is 10.2 Å². The van der Waals surface area contributed by atoms with Gasteiger partial charge in [0.2, 0.25) is 0 Å². The molecule has 1 saturated heterocycles. The van der Waals surface area contributed by atoms with Gasteiger partial charge < -0.3 is 20.3 Å². The fraction of sp³-hybridized carbons (Fsp3) is 0.625. The molecular formula is C16H19NO3. The van der Waals surface area contributed by atoms with E-state index < -0.39 is 6.10 Å². The van der Waals surface area contributed by atoms with Crippen molar-refractivity contribution in [1.82, 2.24) is 5.32 Å². The first-order chi connectivity index (χ1) is 9.72. The molecule has 2 heterocycles. The van der Waals surface area contributed by atoms with Crippen LogP contribution in [0.3, 0.4) is 0 Å². The number of ether oxygens (including phenoxy) is 1. The fourth-order valence-corrected chi connectivity index (χ4v) is 5.43. The van der Waals surface area contributed by atoms with Crippen molar-refractivity contribution in [2.75, 3.05) is 6.54 Å². The van der Waals surface area contributed by atoms with E-state index in [1.54, 1.807) is 6.07 Å². The molecule has 5 atom stereocenters. The highest BCUT2D eigenvalue weighted by atomic mass is 16.5. The van der Waals surface area contributed by atoms with Crippen molar-refractivity contribution in [2.45, 2.75) is 49.3 Å². The number of piperidine rings is 1. The molecule has 2 fully saturated rings. The van der Waals surface area contributed by atoms with Crippen LogP contribution in [0.2, 0.25) is 0 Å². The van der Waals surface area contributed by atoms with Crippen LogP contribution in [-0.4, -0.2) is 35.0 Å². The molecular weight excluding hydrogens is 254 g/mol. The molecule has 4 nitrogen and oxygen atoms in total. The molecule has 1 aromatic carbocycles. The summed E-state index contributed by atoms with van der Waals surface area (Å²) in [7, 11) is 0. The van der Waals surface area contributed by atoms with E-state index in [1.165, 1.54) is 11.1 Å². The molecule has 5 rings (SSSR count). The molecule has 2 aliphatic heterocycles. The number of phenolic OH excluding ortho intramolecular Hbond substituents is 1. The largest absolute Gasteiger partial charge is 0.504 e. The zero-order chi connectivity index (χ0) is 13.5. The number of benzene rings is 1. The van der Waals surface area contributed by atoms with Crippen LogP contribution in [0.15, 0.2) is 12.1 Å². The molecule has 1 unspecified atom stereocenters. The van der Waals surface area contributed by atoms with E-state index in [0.29, 0.717) is 17.7 Å². The van der Waals surface area contributed by atoms with E-state index in [2.05, 4.69) is 5.32 Å². The lowest BCUT2D eigenvalue weighted by atomic mass is 9.52. The Labute approximate surface area is 117 Å². The van der Waals surface area contributed by atoms with Crippen LogP contribution in [-0.2, 0) is 11.8 Å². The number of nitrogens with one attached hydrogen (secondary N) is 1. The van der Waals surface area contributed by atoms with Crippen LogP contribution >= 0.6 is 0 Å². The Hall–Kier alpha value is -1.26. The predicted octanol–water partition coefficient (Wildman–Crippen LogP) is 1.08. The van der Waals surface area contributed by atoms with Crippen molar-refractivity contribution in [3.05, 3.63) is 23.3 Å². The third-order valence-electron chi connectivity index (χ3n) is 6.10. The Morgan fingerprint density at radius 3 is 3.10 bits per heavy atom. The molecule has 20 heavy (non-hydrogen) atoms. The fourth-order valence-electron chi connectivity index (χ4n) is 5.43. The SMILES string of the molecule is Oc1ccc2c3c1O[C@H]1C(O)CC[C@H]4[C@@H](C2)NCC[C@]314. The van der Waals surface area contributed by atoms with E-state index >= 15 is 0 Å². The highest BCUT2D eigenvalue weighted by Gasteiger charge is 2.64. The highest BCUT2D eigenvalue weighted by molar-refractivity contribution is 5.60. The van der Waals surface area contributed by atoms with Gasteiger partial charge in [0.05, 0.1) is 6.10 Å². The average Bonchev–Trinajstić information content (AvgIpc) is 2.78. The molecule has 2 bridgehead atoms. The normalized spacial score (nSPS) is 43.9. The van der Waals surface area contributed by atoms with Crippen LogP contribution in [0, 0.1) is 5.92 Å². The summed E-state index contributed by atoms with van der Waals surface area (Å²) >= 11 is 0. The second kappa shape index (κ2) is 3.49. The molecule has 4 heteroatoms. The first kappa shape index (κ1) is 11.4. The van der Waals surface area contributed by atoms with Gasteiger partial charge in [-0.25, -0.2) is 0 Å². The van der Waals surface area contributed by atoms with Gasteiger partial charge >= 0.3 is 0 Å². The minimum Gasteiger partial charge on any atom is -0.504 e. The minimum atomic E-state index is -0.414. The summed E-state index contributed by atoms with van der Waals surface area (Å²) in [4.78, 5) is 0. The molecule has 0 amide bonds. The molecule has 3 N–H and O–H groups in total. The molecule has 0 aromatic heterocycles. The molecule has 4 aliphatic rings. The van der Waals surface area contributed by atoms with E-state index in [0.717, 1.165) is 32.2 Å². The van der Waals surface area contributed by atoms with Crippen molar-refractivity contribution in [1.29, 1.82) is 0 Å². The summed E-state index contributed by atoms with van der Waals surface area (Å²) in [6.07, 6.45) is 3.28. The third-order valence-corrected chi connectivity index (χ3v) is 6.10. The Morgan fingerprint density at radius 2 is 2.20 bits per heavy atom. The molecule has 2 aliphatic carbocycles. The smallest absolute Gasteiger partial charge is 0.165 e. The molecule has 106 valence electrons. The standard InChI is InChI=1S/C16H19NO3/c18-11-3-1-8-7-10-9-2-4-12(19)15-16(9,5-6-17-10)13(8)14(11)20-15/h1,3,9-10,12,15,17-19H,2,4-7H2/t9-,10+,12?,15-,16-/m0/s1. The van der Waals surface area contributed by atoms with Gasteiger partial charge in [-0.3, -0.25) is 0 Å². The maximum Gasteiger partial charge on any atom is 0.165 e. The second-order valence-electron chi connectivity index (χ2n) is 6.79. The number of hydrogen-bond acceptors (Lipinski definition) is 4. The second-order valence-corrected chi connectivity index (χ2v) is 6.79. The number of phenols is 1. The third kappa shape index (κ3) is 1.09. The predicted molar refractivity (Wildman–Crippen MR) is 73.0 cm³/mol. The zero-order valence-electron chi connectivity index (χ0n) is 11.3. The zero-order valence-corrected chi connectivity index (χ0v) is 11.3. The van der Waals surface area contributed by atoms with Crippen LogP contribution in [0.4, 0.5) is 0 Å². The summed E-state index contributed by atoms with van der Waals surface area (Å²) in [5.74, 6) is 1.41. The van der Waals surface area contributed by atoms with E-state index in [1.807, 2.05) is 6.07 Å². The number of aliphatic hydroxyl groups excluding tert-OH is 1. The number of aromatic hydroxyl groups is 1.